The molecule has 7 heteroatoms. The van der Waals surface area contributed by atoms with Crippen molar-refractivity contribution in [3.8, 4) is 0 Å². The number of carbonyl (C=O) groups is 1. The second-order valence-electron chi connectivity index (χ2n) is 5.20. The van der Waals surface area contributed by atoms with Gasteiger partial charge in [0.05, 0.1) is 11.1 Å². The van der Waals surface area contributed by atoms with Gasteiger partial charge >= 0.3 is 0 Å². The first-order chi connectivity index (χ1) is 10.1. The topological polar surface area (TPSA) is 80.4 Å². The van der Waals surface area contributed by atoms with E-state index in [0.29, 0.717) is 18.8 Å². The van der Waals surface area contributed by atoms with Crippen molar-refractivity contribution < 1.29 is 9.72 Å². The highest BCUT2D eigenvalue weighted by Crippen LogP contribution is 2.21. The number of amides is 1. The van der Waals surface area contributed by atoms with Gasteiger partial charge in [0.15, 0.2) is 0 Å². The summed E-state index contributed by atoms with van der Waals surface area (Å²) in [6, 6.07) is 1.60. The maximum absolute atomic E-state index is 12.8. The smallest absolute Gasteiger partial charge is 0.287 e. The van der Waals surface area contributed by atoms with E-state index in [2.05, 4.69) is 5.32 Å². The summed E-state index contributed by atoms with van der Waals surface area (Å²) in [4.78, 5) is 25.0. The van der Waals surface area contributed by atoms with Crippen molar-refractivity contribution in [3.05, 3.63) is 28.1 Å². The quantitative estimate of drug-likeness (QED) is 0.661. The Kier molecular flexibility index (Phi) is 4.95. The van der Waals surface area contributed by atoms with E-state index in [4.69, 9.17) is 0 Å². The zero-order valence-corrected chi connectivity index (χ0v) is 12.5. The summed E-state index contributed by atoms with van der Waals surface area (Å²) in [6.45, 7) is 6.80. The summed E-state index contributed by atoms with van der Waals surface area (Å²) in [7, 11) is 0. The van der Waals surface area contributed by atoms with Gasteiger partial charge < -0.3 is 14.8 Å². The first-order valence-corrected chi connectivity index (χ1v) is 7.44. The Hall–Kier alpha value is -1.89. The molecule has 0 aliphatic carbocycles. The summed E-state index contributed by atoms with van der Waals surface area (Å²) in [5.41, 5.74) is 0.381. The molecule has 1 aliphatic rings. The molecule has 0 radical (unpaired) electrons. The van der Waals surface area contributed by atoms with E-state index in [1.54, 1.807) is 4.57 Å². The lowest BCUT2D eigenvalue weighted by Crippen LogP contribution is -2.46. The second-order valence-corrected chi connectivity index (χ2v) is 5.20. The number of hydrogen-bond acceptors (Lipinski definition) is 4. The number of rotatable bonds is 5. The van der Waals surface area contributed by atoms with Crippen molar-refractivity contribution in [2.75, 3.05) is 19.6 Å². The van der Waals surface area contributed by atoms with E-state index in [0.717, 1.165) is 25.9 Å². The summed E-state index contributed by atoms with van der Waals surface area (Å²) >= 11 is 0. The van der Waals surface area contributed by atoms with Crippen LogP contribution in [0.15, 0.2) is 12.3 Å². The molecule has 0 aromatic carbocycles. The summed E-state index contributed by atoms with van der Waals surface area (Å²) in [6.07, 6.45) is 3.28. The van der Waals surface area contributed by atoms with Crippen LogP contribution in [0.2, 0.25) is 0 Å². The lowest BCUT2D eigenvalue weighted by molar-refractivity contribution is -0.384. The van der Waals surface area contributed by atoms with E-state index in [1.807, 2.05) is 18.7 Å². The number of hydrogen-bond donors (Lipinski definition) is 1. The maximum Gasteiger partial charge on any atom is 0.287 e. The highest BCUT2D eigenvalue weighted by molar-refractivity contribution is 5.93. The number of aryl methyl sites for hydroxylation is 1. The fraction of sp³-hybridized carbons (Fsp3) is 0.643. The third-order valence-electron chi connectivity index (χ3n) is 4.00. The van der Waals surface area contributed by atoms with Gasteiger partial charge in [0, 0.05) is 25.2 Å². The molecule has 2 heterocycles. The van der Waals surface area contributed by atoms with E-state index in [9.17, 15) is 14.9 Å². The Morgan fingerprint density at radius 3 is 2.67 bits per heavy atom. The van der Waals surface area contributed by atoms with Crippen molar-refractivity contribution >= 4 is 11.6 Å². The van der Waals surface area contributed by atoms with Crippen LogP contribution >= 0.6 is 0 Å². The molecule has 1 aromatic rings. The van der Waals surface area contributed by atoms with Gasteiger partial charge in [-0.3, -0.25) is 14.9 Å². The molecule has 0 saturated carbocycles. The van der Waals surface area contributed by atoms with E-state index in [1.165, 1.54) is 12.3 Å². The average molecular weight is 294 g/mol. The third-order valence-corrected chi connectivity index (χ3v) is 4.00. The Bertz CT molecular complexity index is 520. The van der Waals surface area contributed by atoms with Crippen molar-refractivity contribution in [1.29, 1.82) is 0 Å². The number of nitrogens with zero attached hydrogens (tertiary/aromatic N) is 3. The molecule has 1 N–H and O–H groups in total. The maximum atomic E-state index is 12.8. The van der Waals surface area contributed by atoms with E-state index >= 15 is 0 Å². The molecule has 1 amide bonds. The minimum atomic E-state index is -0.455. The van der Waals surface area contributed by atoms with Gasteiger partial charge in [-0.2, -0.15) is 0 Å². The second kappa shape index (κ2) is 6.71. The molecular weight excluding hydrogens is 272 g/mol. The van der Waals surface area contributed by atoms with Crippen LogP contribution in [0.5, 0.6) is 0 Å². The van der Waals surface area contributed by atoms with Crippen molar-refractivity contribution in [3.63, 3.8) is 0 Å². The van der Waals surface area contributed by atoms with Crippen LogP contribution < -0.4 is 5.32 Å². The highest BCUT2D eigenvalue weighted by Gasteiger charge is 2.28. The van der Waals surface area contributed by atoms with Gasteiger partial charge in [-0.05, 0) is 39.8 Å². The predicted octanol–water partition coefficient (Wildman–Crippen LogP) is 1.63. The van der Waals surface area contributed by atoms with E-state index < -0.39 is 4.92 Å². The number of carbonyl (C=O) groups excluding carboxylic acids is 1. The van der Waals surface area contributed by atoms with Gasteiger partial charge in [-0.25, -0.2) is 0 Å². The molecule has 21 heavy (non-hydrogen) atoms. The Labute approximate surface area is 124 Å². The lowest BCUT2D eigenvalue weighted by Gasteiger charge is -2.34. The lowest BCUT2D eigenvalue weighted by atomic mass is 10.0. The van der Waals surface area contributed by atoms with Crippen LogP contribution in [0.1, 0.15) is 37.2 Å². The van der Waals surface area contributed by atoms with Crippen LogP contribution in [0.3, 0.4) is 0 Å². The minimum Gasteiger partial charge on any atom is -0.337 e. The zero-order valence-electron chi connectivity index (χ0n) is 12.5. The third kappa shape index (κ3) is 3.24. The van der Waals surface area contributed by atoms with Crippen LogP contribution in [0.4, 0.5) is 5.69 Å². The van der Waals surface area contributed by atoms with Gasteiger partial charge in [-0.15, -0.1) is 0 Å². The van der Waals surface area contributed by atoms with E-state index in [-0.39, 0.29) is 17.6 Å². The van der Waals surface area contributed by atoms with Gasteiger partial charge in [0.25, 0.3) is 11.6 Å². The van der Waals surface area contributed by atoms with Crippen molar-refractivity contribution in [2.45, 2.75) is 39.3 Å². The molecule has 0 bridgehead atoms. The summed E-state index contributed by atoms with van der Waals surface area (Å²) in [5.74, 6) is -0.112. The van der Waals surface area contributed by atoms with Crippen LogP contribution in [0.25, 0.3) is 0 Å². The zero-order chi connectivity index (χ0) is 15.4. The average Bonchev–Trinajstić information content (AvgIpc) is 2.93. The highest BCUT2D eigenvalue weighted by atomic mass is 16.6. The molecule has 2 rings (SSSR count). The SMILES string of the molecule is CCN(C(=O)c1cc([N+](=O)[O-])cn1CC)C1CCNCC1. The number of nitrogens with one attached hydrogen (secondary N) is 1. The van der Waals surface area contributed by atoms with Gasteiger partial charge in [-0.1, -0.05) is 0 Å². The Balaban J connectivity index is 2.26. The monoisotopic (exact) mass is 294 g/mol. The molecular formula is C14H22N4O3. The Morgan fingerprint density at radius 1 is 1.48 bits per heavy atom. The molecule has 1 aromatic heterocycles. The molecule has 116 valence electrons. The van der Waals surface area contributed by atoms with Gasteiger partial charge in [0.1, 0.15) is 5.69 Å². The number of piperidine rings is 1. The molecule has 0 atom stereocenters. The number of nitro groups is 1. The fourth-order valence-corrected chi connectivity index (χ4v) is 2.87. The van der Waals surface area contributed by atoms with Crippen LogP contribution in [-0.4, -0.2) is 46.0 Å². The van der Waals surface area contributed by atoms with Gasteiger partial charge in [0.2, 0.25) is 0 Å². The molecule has 0 unspecified atom stereocenters. The molecule has 1 fully saturated rings. The number of aromatic nitrogens is 1. The summed E-state index contributed by atoms with van der Waals surface area (Å²) in [5, 5.41) is 14.2. The van der Waals surface area contributed by atoms with Crippen molar-refractivity contribution in [1.82, 2.24) is 14.8 Å². The fourth-order valence-electron chi connectivity index (χ4n) is 2.87. The standard InChI is InChI=1S/C14H22N4O3/c1-3-16-10-12(18(20)21)9-13(16)14(19)17(4-2)11-5-7-15-8-6-11/h9-11,15H,3-8H2,1-2H3. The predicted molar refractivity (Wildman–Crippen MR) is 79.4 cm³/mol. The summed E-state index contributed by atoms with van der Waals surface area (Å²) < 4.78 is 1.66. The first-order valence-electron chi connectivity index (χ1n) is 7.44. The van der Waals surface area contributed by atoms with Crippen LogP contribution in [0, 0.1) is 10.1 Å². The minimum absolute atomic E-state index is 0.0263. The largest absolute Gasteiger partial charge is 0.337 e. The normalized spacial score (nSPS) is 15.9. The Morgan fingerprint density at radius 2 is 2.14 bits per heavy atom. The van der Waals surface area contributed by atoms with Crippen LogP contribution in [-0.2, 0) is 6.54 Å². The first kappa shape index (κ1) is 15.5. The van der Waals surface area contributed by atoms with Crippen molar-refractivity contribution in [2.24, 2.45) is 0 Å². The molecule has 1 aliphatic heterocycles. The molecule has 1 saturated heterocycles. The molecule has 7 nitrogen and oxygen atoms in total. The molecule has 0 spiro atoms.